The smallest absolute Gasteiger partial charge is 0.407 e. The third-order valence-corrected chi connectivity index (χ3v) is 4.20. The fourth-order valence-electron chi connectivity index (χ4n) is 2.70. The molecule has 3 N–H and O–H groups in total. The predicted octanol–water partition coefficient (Wildman–Crippen LogP) is 2.05. The summed E-state index contributed by atoms with van der Waals surface area (Å²) in [6, 6.07) is 16.2. The summed E-state index contributed by atoms with van der Waals surface area (Å²) >= 11 is 0. The molecule has 1 saturated heterocycles. The summed E-state index contributed by atoms with van der Waals surface area (Å²) in [6.07, 6.45) is -3.35. The molecule has 0 radical (unpaired) electrons. The zero-order chi connectivity index (χ0) is 19.1. The molecule has 3 rings (SSSR count). The molecule has 7 heteroatoms. The first-order chi connectivity index (χ1) is 13.1. The van der Waals surface area contributed by atoms with Crippen LogP contribution in [0.1, 0.15) is 29.1 Å². The Morgan fingerprint density at radius 3 is 2.41 bits per heavy atom. The van der Waals surface area contributed by atoms with E-state index >= 15 is 0 Å². The van der Waals surface area contributed by atoms with Gasteiger partial charge >= 0.3 is 6.09 Å². The molecule has 0 aliphatic carbocycles. The molecule has 2 aromatic rings. The number of aliphatic hydroxyl groups is 2. The molecule has 0 bridgehead atoms. The molecule has 1 heterocycles. The Morgan fingerprint density at radius 2 is 1.74 bits per heavy atom. The van der Waals surface area contributed by atoms with Crippen molar-refractivity contribution >= 4 is 6.09 Å². The Hall–Kier alpha value is -2.45. The Labute approximate surface area is 157 Å². The number of ether oxygens (including phenoxy) is 3. The average molecular weight is 373 g/mol. The van der Waals surface area contributed by atoms with Crippen molar-refractivity contribution < 1.29 is 29.2 Å². The lowest BCUT2D eigenvalue weighted by molar-refractivity contribution is -0.0441. The van der Waals surface area contributed by atoms with Crippen LogP contribution in [0, 0.1) is 0 Å². The van der Waals surface area contributed by atoms with E-state index in [9.17, 15) is 15.0 Å². The van der Waals surface area contributed by atoms with Gasteiger partial charge in [-0.15, -0.1) is 0 Å². The predicted molar refractivity (Wildman–Crippen MR) is 96.7 cm³/mol. The second-order valence-corrected chi connectivity index (χ2v) is 6.19. The van der Waals surface area contributed by atoms with Gasteiger partial charge in [-0.3, -0.25) is 0 Å². The second kappa shape index (κ2) is 9.48. The lowest BCUT2D eigenvalue weighted by atomic mass is 10.0. The molecule has 2 unspecified atom stereocenters. The van der Waals surface area contributed by atoms with Gasteiger partial charge < -0.3 is 29.7 Å². The fourth-order valence-corrected chi connectivity index (χ4v) is 2.70. The highest BCUT2D eigenvalue weighted by atomic mass is 16.7. The van der Waals surface area contributed by atoms with Gasteiger partial charge in [0.05, 0.1) is 13.2 Å². The molecule has 1 amide bonds. The molecule has 1 fully saturated rings. The number of carbonyl (C=O) groups is 1. The van der Waals surface area contributed by atoms with E-state index in [-0.39, 0.29) is 19.4 Å². The van der Waals surface area contributed by atoms with Crippen LogP contribution in [-0.4, -0.2) is 42.2 Å². The van der Waals surface area contributed by atoms with Crippen LogP contribution in [0.4, 0.5) is 4.79 Å². The molecule has 1 aliphatic rings. The summed E-state index contributed by atoms with van der Waals surface area (Å²) in [6.45, 7) is 1.11. The van der Waals surface area contributed by atoms with E-state index in [2.05, 4.69) is 5.32 Å². The highest BCUT2D eigenvalue weighted by Gasteiger charge is 2.22. The lowest BCUT2D eigenvalue weighted by Crippen LogP contribution is -2.35. The molecular weight excluding hydrogens is 350 g/mol. The first kappa shape index (κ1) is 19.3. The zero-order valence-electron chi connectivity index (χ0n) is 14.8. The van der Waals surface area contributed by atoms with Crippen LogP contribution in [-0.2, 0) is 20.8 Å². The van der Waals surface area contributed by atoms with Gasteiger partial charge in [-0.1, -0.05) is 54.6 Å². The van der Waals surface area contributed by atoms with Gasteiger partial charge in [-0.25, -0.2) is 4.79 Å². The van der Waals surface area contributed by atoms with E-state index in [1.165, 1.54) is 0 Å². The quantitative estimate of drug-likeness (QED) is 0.687. The normalized spacial score (nSPS) is 16.7. The first-order valence-electron chi connectivity index (χ1n) is 8.77. The number of hydrogen-bond acceptors (Lipinski definition) is 6. The number of alkyl carbamates (subject to hydrolysis) is 1. The first-order valence-corrected chi connectivity index (χ1v) is 8.77. The third kappa shape index (κ3) is 5.51. The van der Waals surface area contributed by atoms with Crippen molar-refractivity contribution in [3.05, 3.63) is 71.3 Å². The van der Waals surface area contributed by atoms with E-state index in [0.29, 0.717) is 18.8 Å². The monoisotopic (exact) mass is 373 g/mol. The standard InChI is InChI=1S/C20H23NO6/c22-17(12-21-20(24)27-13-14-4-2-1-3-5-14)18(23)15-6-8-16(9-7-15)19-25-10-11-26-19/h1-9,17-19,22-23H,10-13H2,(H,21,24). The lowest BCUT2D eigenvalue weighted by Gasteiger charge is -2.19. The maximum atomic E-state index is 11.7. The number of amides is 1. The van der Waals surface area contributed by atoms with Gasteiger partial charge in [0.1, 0.15) is 18.8 Å². The number of carbonyl (C=O) groups excluding carboxylic acids is 1. The number of nitrogens with one attached hydrogen (secondary N) is 1. The van der Waals surface area contributed by atoms with Crippen LogP contribution in [0.2, 0.25) is 0 Å². The fraction of sp³-hybridized carbons (Fsp3) is 0.350. The number of hydrogen-bond donors (Lipinski definition) is 3. The molecule has 144 valence electrons. The van der Waals surface area contributed by atoms with Crippen molar-refractivity contribution in [2.45, 2.75) is 25.1 Å². The Morgan fingerprint density at radius 1 is 1.07 bits per heavy atom. The Kier molecular flexibility index (Phi) is 6.78. The van der Waals surface area contributed by atoms with Crippen LogP contribution >= 0.6 is 0 Å². The van der Waals surface area contributed by atoms with E-state index in [1.807, 2.05) is 30.3 Å². The van der Waals surface area contributed by atoms with Crippen LogP contribution in [0.3, 0.4) is 0 Å². The molecule has 1 aliphatic heterocycles. The topological polar surface area (TPSA) is 97.3 Å². The van der Waals surface area contributed by atoms with Gasteiger partial charge in [-0.2, -0.15) is 0 Å². The van der Waals surface area contributed by atoms with Crippen LogP contribution in [0.15, 0.2) is 54.6 Å². The minimum absolute atomic E-state index is 0.134. The zero-order valence-corrected chi connectivity index (χ0v) is 14.8. The van der Waals surface area contributed by atoms with E-state index in [1.54, 1.807) is 24.3 Å². The molecule has 0 spiro atoms. The number of rotatable bonds is 7. The van der Waals surface area contributed by atoms with Crippen LogP contribution in [0.25, 0.3) is 0 Å². The molecule has 7 nitrogen and oxygen atoms in total. The van der Waals surface area contributed by atoms with Crippen molar-refractivity contribution in [1.82, 2.24) is 5.32 Å². The maximum Gasteiger partial charge on any atom is 0.407 e. The van der Waals surface area contributed by atoms with Gasteiger partial charge in [0.25, 0.3) is 0 Å². The molecule has 0 aromatic heterocycles. The third-order valence-electron chi connectivity index (χ3n) is 4.20. The Balaban J connectivity index is 1.44. The van der Waals surface area contributed by atoms with Crippen molar-refractivity contribution in [2.75, 3.05) is 19.8 Å². The van der Waals surface area contributed by atoms with Crippen LogP contribution < -0.4 is 5.32 Å². The molecular formula is C20H23NO6. The summed E-state index contributed by atoms with van der Waals surface area (Å²) in [7, 11) is 0. The summed E-state index contributed by atoms with van der Waals surface area (Å²) in [5.74, 6) is 0. The minimum Gasteiger partial charge on any atom is -0.445 e. The second-order valence-electron chi connectivity index (χ2n) is 6.19. The summed E-state index contributed by atoms with van der Waals surface area (Å²) in [5.41, 5.74) is 2.24. The summed E-state index contributed by atoms with van der Waals surface area (Å²) in [4.78, 5) is 11.7. The van der Waals surface area contributed by atoms with E-state index < -0.39 is 18.3 Å². The highest BCUT2D eigenvalue weighted by Crippen LogP contribution is 2.25. The van der Waals surface area contributed by atoms with Gasteiger partial charge in [0.2, 0.25) is 0 Å². The SMILES string of the molecule is O=C(NCC(O)C(O)c1ccc(C2OCCO2)cc1)OCc1ccccc1. The van der Waals surface area contributed by atoms with Gasteiger partial charge in [0.15, 0.2) is 6.29 Å². The average Bonchev–Trinajstić information content (AvgIpc) is 3.25. The van der Waals surface area contributed by atoms with Crippen molar-refractivity contribution in [3.63, 3.8) is 0 Å². The van der Waals surface area contributed by atoms with Gasteiger partial charge in [-0.05, 0) is 11.1 Å². The maximum absolute atomic E-state index is 11.7. The van der Waals surface area contributed by atoms with Crippen molar-refractivity contribution in [1.29, 1.82) is 0 Å². The molecule has 2 atom stereocenters. The molecule has 27 heavy (non-hydrogen) atoms. The highest BCUT2D eigenvalue weighted by molar-refractivity contribution is 5.67. The van der Waals surface area contributed by atoms with E-state index in [4.69, 9.17) is 14.2 Å². The minimum atomic E-state index is -1.17. The summed E-state index contributed by atoms with van der Waals surface area (Å²) < 4.78 is 15.9. The largest absolute Gasteiger partial charge is 0.445 e. The molecule has 0 saturated carbocycles. The number of aliphatic hydroxyl groups excluding tert-OH is 2. The van der Waals surface area contributed by atoms with E-state index in [0.717, 1.165) is 11.1 Å². The van der Waals surface area contributed by atoms with Gasteiger partial charge in [0, 0.05) is 12.1 Å². The van der Waals surface area contributed by atoms with Crippen LogP contribution in [0.5, 0.6) is 0 Å². The Bertz CT molecular complexity index is 715. The molecule has 2 aromatic carbocycles. The van der Waals surface area contributed by atoms with Crippen molar-refractivity contribution in [2.24, 2.45) is 0 Å². The summed E-state index contributed by atoms with van der Waals surface area (Å²) in [5, 5.41) is 22.8. The number of benzene rings is 2. The van der Waals surface area contributed by atoms with Crippen molar-refractivity contribution in [3.8, 4) is 0 Å².